The summed E-state index contributed by atoms with van der Waals surface area (Å²) in [5, 5.41) is 5.00. The van der Waals surface area contributed by atoms with Gasteiger partial charge < -0.3 is 8.98 Å². The van der Waals surface area contributed by atoms with Crippen LogP contribution in [0.1, 0.15) is 0 Å². The SMILES string of the molecule is c1ccc2c(c1)oc1ccc(-n3c4ccccc4c4cc(B5CC5)ccc43)cc12. The molecule has 0 atom stereocenters. The van der Waals surface area contributed by atoms with Crippen molar-refractivity contribution < 1.29 is 4.42 Å². The minimum absolute atomic E-state index is 0.759. The van der Waals surface area contributed by atoms with Gasteiger partial charge in [0.25, 0.3) is 0 Å². The highest BCUT2D eigenvalue weighted by molar-refractivity contribution is 6.82. The van der Waals surface area contributed by atoms with Crippen molar-refractivity contribution >= 4 is 55.9 Å². The smallest absolute Gasteiger partial charge is 0.174 e. The van der Waals surface area contributed by atoms with E-state index in [4.69, 9.17) is 4.42 Å². The Morgan fingerprint density at radius 1 is 0.621 bits per heavy atom. The van der Waals surface area contributed by atoms with Crippen molar-refractivity contribution in [3.63, 3.8) is 0 Å². The molecule has 0 bridgehead atoms. The molecule has 0 N–H and O–H groups in total. The minimum atomic E-state index is 0.759. The zero-order chi connectivity index (χ0) is 18.9. The number of benzene rings is 4. The highest BCUT2D eigenvalue weighted by Gasteiger charge is 2.28. The second-order valence-electron chi connectivity index (χ2n) is 8.18. The first kappa shape index (κ1) is 15.5. The van der Waals surface area contributed by atoms with E-state index in [1.165, 1.54) is 56.4 Å². The van der Waals surface area contributed by atoms with Crippen LogP contribution in [0.2, 0.25) is 12.6 Å². The third-order valence-corrected chi connectivity index (χ3v) is 6.36. The number of rotatable bonds is 2. The summed E-state index contributed by atoms with van der Waals surface area (Å²) in [6, 6.07) is 30.6. The number of para-hydroxylation sites is 2. The predicted molar refractivity (Wildman–Crippen MR) is 123 cm³/mol. The lowest BCUT2D eigenvalue weighted by Gasteiger charge is -2.08. The van der Waals surface area contributed by atoms with Crippen molar-refractivity contribution in [3.05, 3.63) is 84.9 Å². The first-order chi connectivity index (χ1) is 14.4. The van der Waals surface area contributed by atoms with Crippen molar-refractivity contribution in [2.75, 3.05) is 0 Å². The fourth-order valence-corrected chi connectivity index (χ4v) is 4.79. The Morgan fingerprint density at radius 2 is 1.38 bits per heavy atom. The molecule has 0 unspecified atom stereocenters. The zero-order valence-electron chi connectivity index (χ0n) is 15.9. The summed E-state index contributed by atoms with van der Waals surface area (Å²) in [4.78, 5) is 0. The Hall–Kier alpha value is -3.46. The maximum Gasteiger partial charge on any atom is 0.174 e. The molecule has 1 aliphatic heterocycles. The van der Waals surface area contributed by atoms with Gasteiger partial charge in [0, 0.05) is 27.2 Å². The molecule has 2 aromatic heterocycles. The highest BCUT2D eigenvalue weighted by Crippen LogP contribution is 2.35. The third kappa shape index (κ3) is 2.19. The van der Waals surface area contributed by atoms with Crippen LogP contribution in [-0.4, -0.2) is 11.3 Å². The van der Waals surface area contributed by atoms with Gasteiger partial charge in [-0.1, -0.05) is 66.6 Å². The molecule has 0 amide bonds. The van der Waals surface area contributed by atoms with Crippen LogP contribution in [0.15, 0.2) is 89.3 Å². The van der Waals surface area contributed by atoms with E-state index in [1.807, 2.05) is 12.1 Å². The monoisotopic (exact) mass is 371 g/mol. The molecule has 4 aromatic carbocycles. The van der Waals surface area contributed by atoms with E-state index >= 15 is 0 Å². The number of aromatic nitrogens is 1. The summed E-state index contributed by atoms with van der Waals surface area (Å²) in [6.45, 7) is 0.759. The van der Waals surface area contributed by atoms with Gasteiger partial charge in [-0.15, -0.1) is 0 Å². The zero-order valence-corrected chi connectivity index (χ0v) is 15.9. The van der Waals surface area contributed by atoms with Gasteiger partial charge >= 0.3 is 0 Å². The van der Waals surface area contributed by atoms with Gasteiger partial charge in [0.1, 0.15) is 11.2 Å². The Balaban J connectivity index is 1.57. The molecule has 1 aliphatic rings. The van der Waals surface area contributed by atoms with Crippen LogP contribution in [-0.2, 0) is 0 Å². The molecule has 1 saturated heterocycles. The first-order valence-corrected chi connectivity index (χ1v) is 10.3. The van der Waals surface area contributed by atoms with Crippen molar-refractivity contribution in [2.45, 2.75) is 12.6 Å². The summed E-state index contributed by atoms with van der Waals surface area (Å²) < 4.78 is 8.43. The van der Waals surface area contributed by atoms with Crippen LogP contribution in [0.25, 0.3) is 49.4 Å². The summed E-state index contributed by atoms with van der Waals surface area (Å²) in [6.07, 6.45) is 2.66. The van der Waals surface area contributed by atoms with Crippen LogP contribution in [0.5, 0.6) is 0 Å². The lowest BCUT2D eigenvalue weighted by atomic mass is 9.63. The molecule has 6 aromatic rings. The second kappa shape index (κ2) is 5.54. The lowest BCUT2D eigenvalue weighted by molar-refractivity contribution is 0.669. The van der Waals surface area contributed by atoms with Crippen LogP contribution in [0.3, 0.4) is 0 Å². The summed E-state index contributed by atoms with van der Waals surface area (Å²) in [5.41, 5.74) is 7.05. The maximum absolute atomic E-state index is 6.04. The lowest BCUT2D eigenvalue weighted by Crippen LogP contribution is -2.13. The minimum Gasteiger partial charge on any atom is -0.456 e. The molecule has 0 aliphatic carbocycles. The summed E-state index contributed by atoms with van der Waals surface area (Å²) in [5.74, 6) is 0. The van der Waals surface area contributed by atoms with Crippen LogP contribution >= 0.6 is 0 Å². The number of hydrogen-bond acceptors (Lipinski definition) is 1. The van der Waals surface area contributed by atoms with Gasteiger partial charge in [-0.25, -0.2) is 0 Å². The molecule has 29 heavy (non-hydrogen) atoms. The topological polar surface area (TPSA) is 18.1 Å². The van der Waals surface area contributed by atoms with Crippen molar-refractivity contribution in [2.24, 2.45) is 0 Å². The highest BCUT2D eigenvalue weighted by atomic mass is 16.3. The van der Waals surface area contributed by atoms with E-state index in [-0.39, 0.29) is 0 Å². The molecular weight excluding hydrogens is 353 g/mol. The molecule has 0 radical (unpaired) electrons. The van der Waals surface area contributed by atoms with Gasteiger partial charge in [-0.3, -0.25) is 0 Å². The Labute approximate surface area is 168 Å². The van der Waals surface area contributed by atoms with E-state index in [0.29, 0.717) is 0 Å². The average Bonchev–Trinajstić information content (AvgIpc) is 3.48. The molecule has 3 heterocycles. The van der Waals surface area contributed by atoms with Gasteiger partial charge in [0.15, 0.2) is 6.71 Å². The number of fused-ring (bicyclic) bond motifs is 6. The van der Waals surface area contributed by atoms with Crippen molar-refractivity contribution in [3.8, 4) is 5.69 Å². The van der Waals surface area contributed by atoms with Gasteiger partial charge in [-0.2, -0.15) is 0 Å². The molecule has 7 rings (SSSR count). The van der Waals surface area contributed by atoms with Crippen LogP contribution in [0, 0.1) is 0 Å². The van der Waals surface area contributed by atoms with E-state index in [1.54, 1.807) is 0 Å². The molecule has 0 saturated carbocycles. The molecule has 1 fully saturated rings. The van der Waals surface area contributed by atoms with E-state index in [9.17, 15) is 0 Å². The normalized spacial score (nSPS) is 13.9. The third-order valence-electron chi connectivity index (χ3n) is 6.36. The molecule has 2 nitrogen and oxygen atoms in total. The number of hydrogen-bond donors (Lipinski definition) is 0. The standard InChI is InChI=1S/C26H18BNO/c1-3-7-23-19(5-1)21-15-17(27-13-14-27)9-11-24(21)28(23)18-10-12-26-22(16-18)20-6-2-4-8-25(20)29-26/h1-12,15-16H,13-14H2. The first-order valence-electron chi connectivity index (χ1n) is 10.3. The van der Waals surface area contributed by atoms with Crippen molar-refractivity contribution in [1.82, 2.24) is 4.57 Å². The molecule has 0 spiro atoms. The van der Waals surface area contributed by atoms with Crippen LogP contribution in [0.4, 0.5) is 0 Å². The second-order valence-corrected chi connectivity index (χ2v) is 8.18. The summed E-state index contributed by atoms with van der Waals surface area (Å²) in [7, 11) is 0. The number of nitrogens with zero attached hydrogens (tertiary/aromatic N) is 1. The van der Waals surface area contributed by atoms with E-state index < -0.39 is 0 Å². The maximum atomic E-state index is 6.04. The van der Waals surface area contributed by atoms with E-state index in [2.05, 4.69) is 77.4 Å². The van der Waals surface area contributed by atoms with Crippen molar-refractivity contribution in [1.29, 1.82) is 0 Å². The molecule has 136 valence electrons. The number of furan rings is 1. The van der Waals surface area contributed by atoms with Gasteiger partial charge in [-0.05, 0) is 36.4 Å². The van der Waals surface area contributed by atoms with Gasteiger partial charge in [0.05, 0.1) is 11.0 Å². The van der Waals surface area contributed by atoms with Crippen LogP contribution < -0.4 is 5.46 Å². The quantitative estimate of drug-likeness (QED) is 0.322. The predicted octanol–water partition coefficient (Wildman–Crippen LogP) is 6.40. The molecular formula is C26H18BNO. The Morgan fingerprint density at radius 3 is 2.28 bits per heavy atom. The fourth-order valence-electron chi connectivity index (χ4n) is 4.79. The Kier molecular flexibility index (Phi) is 2.96. The van der Waals surface area contributed by atoms with Gasteiger partial charge in [0.2, 0.25) is 0 Å². The Bertz CT molecular complexity index is 1570. The van der Waals surface area contributed by atoms with E-state index in [0.717, 1.165) is 17.9 Å². The summed E-state index contributed by atoms with van der Waals surface area (Å²) >= 11 is 0. The fraction of sp³-hybridized carbons (Fsp3) is 0.0769. The largest absolute Gasteiger partial charge is 0.456 e. The molecule has 3 heteroatoms. The average molecular weight is 371 g/mol.